The molecule has 0 aromatic rings. The van der Waals surface area contributed by atoms with Gasteiger partial charge in [0.05, 0.1) is 31.5 Å². The molecule has 0 aromatic carbocycles. The Hall–Kier alpha value is -1.02. The fourth-order valence-electron chi connectivity index (χ4n) is 7.60. The SMILES string of the molecule is CCCCCCC(O)CC=CCCCCCCCOCC(COCCCCCCCC=CCC(O)CCCCCC)OCCCCCCCC=CCC(O)CCCCCC. The van der Waals surface area contributed by atoms with Crippen molar-refractivity contribution in [1.82, 2.24) is 0 Å². The molecule has 0 saturated carbocycles. The van der Waals surface area contributed by atoms with Gasteiger partial charge in [-0.15, -0.1) is 0 Å². The number of aliphatic hydroxyl groups excluding tert-OH is 3. The van der Waals surface area contributed by atoms with E-state index in [4.69, 9.17) is 14.2 Å². The van der Waals surface area contributed by atoms with Gasteiger partial charge in [0, 0.05) is 19.8 Å². The Morgan fingerprint density at radius 3 is 0.983 bits per heavy atom. The monoisotopic (exact) mass is 849 g/mol. The molecule has 0 saturated heterocycles. The van der Waals surface area contributed by atoms with Crippen molar-refractivity contribution >= 4 is 0 Å². The maximum absolute atomic E-state index is 10.1. The highest BCUT2D eigenvalue weighted by molar-refractivity contribution is 4.85. The molecule has 0 aliphatic carbocycles. The molecule has 0 rings (SSSR count). The van der Waals surface area contributed by atoms with E-state index < -0.39 is 0 Å². The van der Waals surface area contributed by atoms with Crippen molar-refractivity contribution in [3.8, 4) is 0 Å². The van der Waals surface area contributed by atoms with Crippen LogP contribution in [0.25, 0.3) is 0 Å². The van der Waals surface area contributed by atoms with Crippen molar-refractivity contribution in [1.29, 1.82) is 0 Å². The zero-order valence-electron chi connectivity index (χ0n) is 40.3. The largest absolute Gasteiger partial charge is 0.393 e. The summed E-state index contributed by atoms with van der Waals surface area (Å²) in [5.41, 5.74) is 0. The third-order valence-corrected chi connectivity index (χ3v) is 11.7. The zero-order chi connectivity index (χ0) is 43.7. The van der Waals surface area contributed by atoms with Gasteiger partial charge in [-0.2, -0.15) is 0 Å². The smallest absolute Gasteiger partial charge is 0.104 e. The highest BCUT2D eigenvalue weighted by Crippen LogP contribution is 2.14. The minimum atomic E-state index is -0.173. The summed E-state index contributed by atoms with van der Waals surface area (Å²) in [5.74, 6) is 0. The molecule has 0 aliphatic heterocycles. The second-order valence-electron chi connectivity index (χ2n) is 17.9. The number of allylic oxidation sites excluding steroid dienone is 3. The first kappa shape index (κ1) is 59.0. The van der Waals surface area contributed by atoms with Crippen molar-refractivity contribution < 1.29 is 29.5 Å². The van der Waals surface area contributed by atoms with Crippen LogP contribution in [-0.2, 0) is 14.2 Å². The first-order valence-corrected chi connectivity index (χ1v) is 26.3. The Balaban J connectivity index is 4.19. The number of unbranched alkanes of at least 4 members (excludes halogenated alkanes) is 24. The number of ether oxygens (including phenoxy) is 3. The minimum absolute atomic E-state index is 0.000394. The van der Waals surface area contributed by atoms with Crippen LogP contribution in [0.15, 0.2) is 36.5 Å². The molecule has 0 bridgehead atoms. The van der Waals surface area contributed by atoms with Crippen LogP contribution in [0.4, 0.5) is 0 Å². The molecule has 3 unspecified atom stereocenters. The average molecular weight is 849 g/mol. The van der Waals surface area contributed by atoms with E-state index in [1.807, 2.05) is 0 Å². The second-order valence-corrected chi connectivity index (χ2v) is 17.9. The molecule has 0 aliphatic rings. The summed E-state index contributed by atoms with van der Waals surface area (Å²) in [6.07, 6.45) is 54.1. The summed E-state index contributed by atoms with van der Waals surface area (Å²) in [7, 11) is 0. The van der Waals surface area contributed by atoms with Gasteiger partial charge in [-0.25, -0.2) is 0 Å². The Morgan fingerprint density at radius 1 is 0.333 bits per heavy atom. The second kappa shape index (κ2) is 50.6. The summed E-state index contributed by atoms with van der Waals surface area (Å²) in [6, 6.07) is 0. The molecular formula is C54H104O6. The van der Waals surface area contributed by atoms with E-state index in [2.05, 4.69) is 57.2 Å². The Bertz CT molecular complexity index is 841. The first-order valence-electron chi connectivity index (χ1n) is 26.3. The summed E-state index contributed by atoms with van der Waals surface area (Å²) >= 11 is 0. The normalized spacial score (nSPS) is 14.3. The molecule has 356 valence electrons. The van der Waals surface area contributed by atoms with E-state index in [9.17, 15) is 15.3 Å². The standard InChI is InChI=1S/C54H104O6/c1-4-7-10-31-40-51(55)43-34-25-19-13-16-22-28-37-46-58-49-54(60-48-39-30-24-18-15-21-27-36-45-53(57)42-33-12-9-6-3)50-59-47-38-29-23-17-14-20-26-35-44-52(56)41-32-11-8-5-2/h25-27,34-36,51-57H,4-24,28-33,37-50H2,1-3H3. The molecule has 3 N–H and O–H groups in total. The predicted octanol–water partition coefficient (Wildman–Crippen LogP) is 15.3. The summed E-state index contributed by atoms with van der Waals surface area (Å²) in [5, 5.41) is 30.4. The Labute approximate surface area is 374 Å². The molecule has 0 aromatic heterocycles. The van der Waals surface area contributed by atoms with E-state index in [0.29, 0.717) is 13.2 Å². The third-order valence-electron chi connectivity index (χ3n) is 11.7. The third kappa shape index (κ3) is 48.0. The molecule has 6 heteroatoms. The highest BCUT2D eigenvalue weighted by atomic mass is 16.6. The minimum Gasteiger partial charge on any atom is -0.393 e. The van der Waals surface area contributed by atoms with Crippen LogP contribution >= 0.6 is 0 Å². The maximum atomic E-state index is 10.1. The lowest BCUT2D eigenvalue weighted by molar-refractivity contribution is -0.0616. The van der Waals surface area contributed by atoms with Gasteiger partial charge < -0.3 is 29.5 Å². The zero-order valence-corrected chi connectivity index (χ0v) is 40.3. The highest BCUT2D eigenvalue weighted by Gasteiger charge is 2.10. The molecule has 6 nitrogen and oxygen atoms in total. The molecule has 0 radical (unpaired) electrons. The van der Waals surface area contributed by atoms with E-state index in [-0.39, 0.29) is 24.4 Å². The van der Waals surface area contributed by atoms with E-state index in [1.165, 1.54) is 135 Å². The fourth-order valence-corrected chi connectivity index (χ4v) is 7.60. The lowest BCUT2D eigenvalue weighted by Crippen LogP contribution is -2.26. The summed E-state index contributed by atoms with van der Waals surface area (Å²) in [6.45, 7) is 10.2. The summed E-state index contributed by atoms with van der Waals surface area (Å²) in [4.78, 5) is 0. The van der Waals surface area contributed by atoms with Crippen LogP contribution in [-0.4, -0.2) is 72.8 Å². The number of aliphatic hydroxyl groups is 3. The number of rotatable bonds is 50. The average Bonchev–Trinajstić information content (AvgIpc) is 3.24. The van der Waals surface area contributed by atoms with E-state index in [1.54, 1.807) is 0 Å². The molecule has 0 fully saturated rings. The molecule has 0 spiro atoms. The topological polar surface area (TPSA) is 88.4 Å². The lowest BCUT2D eigenvalue weighted by Gasteiger charge is -2.18. The summed E-state index contributed by atoms with van der Waals surface area (Å²) < 4.78 is 18.5. The number of hydrogen-bond donors (Lipinski definition) is 3. The van der Waals surface area contributed by atoms with Gasteiger partial charge >= 0.3 is 0 Å². The van der Waals surface area contributed by atoms with Crippen LogP contribution in [0.3, 0.4) is 0 Å². The lowest BCUT2D eigenvalue weighted by atomic mass is 10.1. The molecule has 0 heterocycles. The predicted molar refractivity (Wildman–Crippen MR) is 260 cm³/mol. The van der Waals surface area contributed by atoms with Crippen molar-refractivity contribution in [2.75, 3.05) is 33.0 Å². The van der Waals surface area contributed by atoms with Crippen molar-refractivity contribution in [3.05, 3.63) is 36.5 Å². The molecule has 60 heavy (non-hydrogen) atoms. The molecular weight excluding hydrogens is 745 g/mol. The van der Waals surface area contributed by atoms with Crippen LogP contribution in [0.1, 0.15) is 252 Å². The van der Waals surface area contributed by atoms with Gasteiger partial charge in [0.1, 0.15) is 6.10 Å². The Kier molecular flexibility index (Phi) is 49.8. The van der Waals surface area contributed by atoms with Crippen molar-refractivity contribution in [2.45, 2.75) is 276 Å². The van der Waals surface area contributed by atoms with Gasteiger partial charge in [0.2, 0.25) is 0 Å². The van der Waals surface area contributed by atoms with E-state index >= 15 is 0 Å². The van der Waals surface area contributed by atoms with Gasteiger partial charge in [0.15, 0.2) is 0 Å². The van der Waals surface area contributed by atoms with Gasteiger partial charge in [-0.3, -0.25) is 0 Å². The first-order chi connectivity index (χ1) is 29.5. The van der Waals surface area contributed by atoms with E-state index in [0.717, 1.165) is 116 Å². The van der Waals surface area contributed by atoms with Crippen LogP contribution in [0.5, 0.6) is 0 Å². The quantitative estimate of drug-likeness (QED) is 0.0417. The Morgan fingerprint density at radius 2 is 0.633 bits per heavy atom. The maximum Gasteiger partial charge on any atom is 0.104 e. The van der Waals surface area contributed by atoms with Crippen molar-refractivity contribution in [3.63, 3.8) is 0 Å². The fraction of sp³-hybridized carbons (Fsp3) is 0.889. The van der Waals surface area contributed by atoms with Gasteiger partial charge in [-0.05, 0) is 96.3 Å². The van der Waals surface area contributed by atoms with Gasteiger partial charge in [0.25, 0.3) is 0 Å². The van der Waals surface area contributed by atoms with Crippen LogP contribution in [0.2, 0.25) is 0 Å². The molecule has 0 amide bonds. The van der Waals surface area contributed by atoms with Crippen LogP contribution < -0.4 is 0 Å². The number of hydrogen-bond acceptors (Lipinski definition) is 6. The van der Waals surface area contributed by atoms with Crippen LogP contribution in [0, 0.1) is 0 Å². The molecule has 3 atom stereocenters. The van der Waals surface area contributed by atoms with Gasteiger partial charge in [-0.1, -0.05) is 192 Å². The van der Waals surface area contributed by atoms with Crippen molar-refractivity contribution in [2.24, 2.45) is 0 Å².